The number of hydrogen-bond acceptors (Lipinski definition) is 6. The van der Waals surface area contributed by atoms with Crippen molar-refractivity contribution in [1.29, 1.82) is 0 Å². The number of methoxy groups -OCH3 is 3. The van der Waals surface area contributed by atoms with Crippen LogP contribution in [0.5, 0.6) is 17.2 Å². The summed E-state index contributed by atoms with van der Waals surface area (Å²) in [6, 6.07) is 14.0. The minimum absolute atomic E-state index is 0.157. The minimum atomic E-state index is 0.157. The molecule has 1 aliphatic heterocycles. The Morgan fingerprint density at radius 2 is 1.74 bits per heavy atom. The van der Waals surface area contributed by atoms with Gasteiger partial charge in [0.25, 0.3) is 0 Å². The van der Waals surface area contributed by atoms with Crippen LogP contribution >= 0.6 is 0 Å². The van der Waals surface area contributed by atoms with Crippen LogP contribution in [-0.2, 0) is 11.3 Å². The molecule has 1 saturated heterocycles. The van der Waals surface area contributed by atoms with E-state index in [9.17, 15) is 0 Å². The van der Waals surface area contributed by atoms with E-state index in [0.29, 0.717) is 30.5 Å². The Balaban J connectivity index is 1.65. The van der Waals surface area contributed by atoms with Crippen LogP contribution in [0, 0.1) is 0 Å². The third-order valence-electron chi connectivity index (χ3n) is 5.34. The topological polar surface area (TPSA) is 90.6 Å². The number of hydrogen-bond donors (Lipinski definition) is 2. The zero-order valence-corrected chi connectivity index (χ0v) is 18.5. The summed E-state index contributed by atoms with van der Waals surface area (Å²) < 4.78 is 21.4. The van der Waals surface area contributed by atoms with E-state index in [1.165, 1.54) is 5.56 Å². The summed E-state index contributed by atoms with van der Waals surface area (Å²) >= 11 is 0. The fourth-order valence-electron chi connectivity index (χ4n) is 3.59. The largest absolute Gasteiger partial charge is 0.497 e. The van der Waals surface area contributed by atoms with Crippen LogP contribution in [0.25, 0.3) is 0 Å². The first-order valence-corrected chi connectivity index (χ1v) is 10.3. The second kappa shape index (κ2) is 11.4. The maximum Gasteiger partial charge on any atom is 0.188 e. The van der Waals surface area contributed by atoms with Crippen LogP contribution in [0.15, 0.2) is 47.5 Å². The van der Waals surface area contributed by atoms with E-state index in [1.807, 2.05) is 30.3 Å². The Morgan fingerprint density at radius 1 is 1.03 bits per heavy atom. The monoisotopic (exact) mass is 428 g/mol. The number of nitrogens with two attached hydrogens (primary N) is 1. The van der Waals surface area contributed by atoms with E-state index < -0.39 is 0 Å². The molecule has 0 spiro atoms. The van der Waals surface area contributed by atoms with Crippen LogP contribution in [0.3, 0.4) is 0 Å². The van der Waals surface area contributed by atoms with Gasteiger partial charge in [-0.1, -0.05) is 18.2 Å². The lowest BCUT2D eigenvalue weighted by atomic mass is 10.0. The van der Waals surface area contributed by atoms with Gasteiger partial charge in [0.2, 0.25) is 0 Å². The van der Waals surface area contributed by atoms with Crippen molar-refractivity contribution in [1.82, 2.24) is 10.2 Å². The first-order valence-electron chi connectivity index (χ1n) is 10.3. The average Bonchev–Trinajstić information content (AvgIpc) is 2.83. The highest BCUT2D eigenvalue weighted by atomic mass is 16.5. The van der Waals surface area contributed by atoms with Gasteiger partial charge in [0.15, 0.2) is 17.5 Å². The number of ether oxygens (including phenoxy) is 4. The van der Waals surface area contributed by atoms with Crippen LogP contribution in [0.1, 0.15) is 17.2 Å². The summed E-state index contributed by atoms with van der Waals surface area (Å²) in [6.07, 6.45) is 0. The molecule has 168 valence electrons. The summed E-state index contributed by atoms with van der Waals surface area (Å²) in [7, 11) is 4.91. The number of nitrogens with zero attached hydrogens (tertiary/aromatic N) is 2. The normalized spacial score (nSPS) is 15.9. The maximum atomic E-state index is 6.17. The summed E-state index contributed by atoms with van der Waals surface area (Å²) in [5, 5.41) is 3.29. The van der Waals surface area contributed by atoms with Crippen molar-refractivity contribution >= 4 is 5.96 Å². The van der Waals surface area contributed by atoms with Gasteiger partial charge in [-0.05, 0) is 35.4 Å². The number of nitrogens with one attached hydrogen (secondary N) is 1. The van der Waals surface area contributed by atoms with Crippen molar-refractivity contribution in [2.24, 2.45) is 10.7 Å². The molecule has 0 aromatic heterocycles. The van der Waals surface area contributed by atoms with Crippen molar-refractivity contribution < 1.29 is 18.9 Å². The first-order chi connectivity index (χ1) is 15.1. The van der Waals surface area contributed by atoms with Gasteiger partial charge in [0.05, 0.1) is 47.1 Å². The molecular formula is C23H32N4O4. The molecule has 0 amide bonds. The molecular weight excluding hydrogens is 396 g/mol. The summed E-state index contributed by atoms with van der Waals surface area (Å²) in [6.45, 7) is 4.31. The highest BCUT2D eigenvalue weighted by Crippen LogP contribution is 2.28. The number of morpholine rings is 1. The fraction of sp³-hybridized carbons (Fsp3) is 0.435. The van der Waals surface area contributed by atoms with Gasteiger partial charge in [0, 0.05) is 19.6 Å². The van der Waals surface area contributed by atoms with Gasteiger partial charge in [-0.2, -0.15) is 0 Å². The van der Waals surface area contributed by atoms with Gasteiger partial charge in [-0.25, -0.2) is 4.99 Å². The van der Waals surface area contributed by atoms with Crippen LogP contribution in [0.4, 0.5) is 0 Å². The molecule has 1 atom stereocenters. The zero-order valence-electron chi connectivity index (χ0n) is 18.5. The Labute approximate surface area is 183 Å². The lowest BCUT2D eigenvalue weighted by Crippen LogP contribution is -2.45. The van der Waals surface area contributed by atoms with Crippen LogP contribution in [-0.4, -0.2) is 65.0 Å². The smallest absolute Gasteiger partial charge is 0.188 e. The van der Waals surface area contributed by atoms with E-state index in [2.05, 4.69) is 27.3 Å². The molecule has 31 heavy (non-hydrogen) atoms. The molecule has 0 bridgehead atoms. The summed E-state index contributed by atoms with van der Waals surface area (Å²) in [5.74, 6) is 2.61. The van der Waals surface area contributed by atoms with Gasteiger partial charge < -0.3 is 30.0 Å². The van der Waals surface area contributed by atoms with E-state index in [1.54, 1.807) is 21.3 Å². The van der Waals surface area contributed by atoms with E-state index >= 15 is 0 Å². The van der Waals surface area contributed by atoms with Gasteiger partial charge in [-0.15, -0.1) is 0 Å². The predicted molar refractivity (Wildman–Crippen MR) is 121 cm³/mol. The SMILES string of the molecule is COc1ccc(C(CNC(N)=NCc2ccc(OC)c(OC)c2)N2CCOCC2)cc1. The summed E-state index contributed by atoms with van der Waals surface area (Å²) in [4.78, 5) is 6.89. The molecule has 2 aromatic rings. The van der Waals surface area contributed by atoms with E-state index in [0.717, 1.165) is 37.6 Å². The van der Waals surface area contributed by atoms with Gasteiger partial charge >= 0.3 is 0 Å². The number of aliphatic imine (C=N–C) groups is 1. The first kappa shape index (κ1) is 22.7. The quantitative estimate of drug-likeness (QED) is 0.467. The molecule has 1 aliphatic rings. The van der Waals surface area contributed by atoms with Crippen molar-refractivity contribution in [3.8, 4) is 17.2 Å². The van der Waals surface area contributed by atoms with Crippen LogP contribution < -0.4 is 25.3 Å². The van der Waals surface area contributed by atoms with Crippen molar-refractivity contribution in [2.45, 2.75) is 12.6 Å². The lowest BCUT2D eigenvalue weighted by molar-refractivity contribution is 0.0170. The van der Waals surface area contributed by atoms with Crippen molar-refractivity contribution in [3.05, 3.63) is 53.6 Å². The second-order valence-corrected chi connectivity index (χ2v) is 7.21. The number of rotatable bonds is 9. The zero-order chi connectivity index (χ0) is 22.1. The van der Waals surface area contributed by atoms with Gasteiger partial charge in [-0.3, -0.25) is 4.90 Å². The van der Waals surface area contributed by atoms with Crippen LogP contribution in [0.2, 0.25) is 0 Å². The molecule has 1 heterocycles. The highest BCUT2D eigenvalue weighted by molar-refractivity contribution is 5.77. The molecule has 8 nitrogen and oxygen atoms in total. The third-order valence-corrected chi connectivity index (χ3v) is 5.34. The van der Waals surface area contributed by atoms with Gasteiger partial charge in [0.1, 0.15) is 5.75 Å². The molecule has 0 aliphatic carbocycles. The summed E-state index contributed by atoms with van der Waals surface area (Å²) in [5.41, 5.74) is 8.35. The Morgan fingerprint density at radius 3 is 2.39 bits per heavy atom. The predicted octanol–water partition coefficient (Wildman–Crippen LogP) is 2.19. The maximum absolute atomic E-state index is 6.17. The van der Waals surface area contributed by atoms with Crippen molar-refractivity contribution in [3.63, 3.8) is 0 Å². The minimum Gasteiger partial charge on any atom is -0.497 e. The molecule has 0 saturated carbocycles. The fourth-order valence-corrected chi connectivity index (χ4v) is 3.59. The number of guanidine groups is 1. The Hall–Kier alpha value is -2.97. The molecule has 8 heteroatoms. The number of benzene rings is 2. The second-order valence-electron chi connectivity index (χ2n) is 7.21. The average molecular weight is 429 g/mol. The highest BCUT2D eigenvalue weighted by Gasteiger charge is 2.22. The Kier molecular flexibility index (Phi) is 8.37. The molecule has 0 radical (unpaired) electrons. The van der Waals surface area contributed by atoms with E-state index in [4.69, 9.17) is 24.7 Å². The molecule has 3 N–H and O–H groups in total. The van der Waals surface area contributed by atoms with Crippen molar-refractivity contribution in [2.75, 3.05) is 54.2 Å². The molecule has 1 unspecified atom stereocenters. The van der Waals surface area contributed by atoms with E-state index in [-0.39, 0.29) is 6.04 Å². The lowest BCUT2D eigenvalue weighted by Gasteiger charge is -2.35. The molecule has 2 aromatic carbocycles. The molecule has 1 fully saturated rings. The third kappa shape index (κ3) is 6.26. The molecule has 3 rings (SSSR count). The Bertz CT molecular complexity index is 851. The standard InChI is InChI=1S/C23H32N4O4/c1-28-19-7-5-18(6-8-19)20(27-10-12-31-13-11-27)16-26-23(24)25-15-17-4-9-21(29-2)22(14-17)30-3/h4-9,14,20H,10-13,15-16H2,1-3H3,(H3,24,25,26).